The van der Waals surface area contributed by atoms with Crippen molar-refractivity contribution in [3.8, 4) is 5.88 Å². The van der Waals surface area contributed by atoms with Crippen molar-refractivity contribution in [2.45, 2.75) is 39.0 Å². The minimum Gasteiger partial charge on any atom is -0.473 e. The molecule has 2 aromatic heterocycles. The maximum absolute atomic E-state index is 14.0. The first-order valence-electron chi connectivity index (χ1n) is 11.6. The lowest BCUT2D eigenvalue weighted by atomic mass is 10.1. The van der Waals surface area contributed by atoms with Crippen LogP contribution in [-0.4, -0.2) is 70.6 Å². The lowest BCUT2D eigenvalue weighted by Gasteiger charge is -2.34. The second-order valence-electron chi connectivity index (χ2n) is 9.43. The molecule has 1 amide bonds. The molecule has 2 fully saturated rings. The van der Waals surface area contributed by atoms with E-state index in [1.54, 1.807) is 13.0 Å². The normalized spacial score (nSPS) is 21.1. The Morgan fingerprint density at radius 2 is 1.94 bits per heavy atom. The Balaban J connectivity index is 1.38. The van der Waals surface area contributed by atoms with Crippen LogP contribution in [0.3, 0.4) is 0 Å². The molecular formula is C25H29F2N5O2. The van der Waals surface area contributed by atoms with Gasteiger partial charge in [-0.15, -0.1) is 0 Å². The summed E-state index contributed by atoms with van der Waals surface area (Å²) in [7, 11) is 2.13. The summed E-state index contributed by atoms with van der Waals surface area (Å²) in [5.41, 5.74) is 2.37. The predicted molar refractivity (Wildman–Crippen MR) is 124 cm³/mol. The number of fused-ring (bicyclic) bond motifs is 2. The topological polar surface area (TPSA) is 62.1 Å². The zero-order chi connectivity index (χ0) is 24.0. The van der Waals surface area contributed by atoms with Crippen molar-refractivity contribution in [3.05, 3.63) is 64.4 Å². The molecule has 0 radical (unpaired) electrons. The van der Waals surface area contributed by atoms with Crippen LogP contribution >= 0.6 is 0 Å². The summed E-state index contributed by atoms with van der Waals surface area (Å²) in [6.07, 6.45) is 0.927. The number of hydrogen-bond acceptors (Lipinski definition) is 5. The zero-order valence-corrected chi connectivity index (χ0v) is 19.6. The quantitative estimate of drug-likeness (QED) is 0.623. The Hall–Kier alpha value is -3.04. The Bertz CT molecular complexity index is 1220. The van der Waals surface area contributed by atoms with Crippen molar-refractivity contribution in [2.75, 3.05) is 33.2 Å². The first-order chi connectivity index (χ1) is 16.3. The first-order valence-corrected chi connectivity index (χ1v) is 11.6. The lowest BCUT2D eigenvalue weighted by Crippen LogP contribution is -2.48. The van der Waals surface area contributed by atoms with Crippen LogP contribution in [0.25, 0.3) is 5.52 Å². The van der Waals surface area contributed by atoms with Crippen LogP contribution in [0.2, 0.25) is 0 Å². The molecule has 2 saturated heterocycles. The van der Waals surface area contributed by atoms with E-state index >= 15 is 0 Å². The number of amides is 1. The molecule has 2 aliphatic rings. The van der Waals surface area contributed by atoms with E-state index in [1.165, 1.54) is 22.7 Å². The number of rotatable bonds is 5. The Morgan fingerprint density at radius 1 is 1.18 bits per heavy atom. The van der Waals surface area contributed by atoms with Gasteiger partial charge in [0.15, 0.2) is 0 Å². The fourth-order valence-corrected chi connectivity index (χ4v) is 5.12. The monoisotopic (exact) mass is 469 g/mol. The van der Waals surface area contributed by atoms with Crippen molar-refractivity contribution < 1.29 is 18.3 Å². The Labute approximate surface area is 197 Å². The molecule has 2 aliphatic heterocycles. The van der Waals surface area contributed by atoms with Gasteiger partial charge in [-0.05, 0) is 51.1 Å². The van der Waals surface area contributed by atoms with Gasteiger partial charge in [-0.2, -0.15) is 9.61 Å². The number of aromatic nitrogens is 2. The zero-order valence-electron chi connectivity index (χ0n) is 19.6. The summed E-state index contributed by atoms with van der Waals surface area (Å²) in [5, 5.41) is 7.72. The van der Waals surface area contributed by atoms with E-state index in [0.29, 0.717) is 28.7 Å². The molecular weight excluding hydrogens is 440 g/mol. The van der Waals surface area contributed by atoms with Gasteiger partial charge < -0.3 is 15.0 Å². The van der Waals surface area contributed by atoms with Gasteiger partial charge in [0.2, 0.25) is 5.88 Å². The Kier molecular flexibility index (Phi) is 5.99. The van der Waals surface area contributed by atoms with Crippen LogP contribution in [0, 0.1) is 25.5 Å². The first kappa shape index (κ1) is 22.7. The molecule has 5 rings (SSSR count). The molecule has 1 aromatic carbocycles. The van der Waals surface area contributed by atoms with Crippen molar-refractivity contribution in [1.29, 1.82) is 0 Å². The van der Waals surface area contributed by atoms with E-state index in [0.717, 1.165) is 38.2 Å². The average Bonchev–Trinajstić information content (AvgIpc) is 3.32. The van der Waals surface area contributed by atoms with Crippen LogP contribution in [0.4, 0.5) is 8.78 Å². The van der Waals surface area contributed by atoms with Crippen molar-refractivity contribution >= 4 is 11.4 Å². The van der Waals surface area contributed by atoms with Gasteiger partial charge in [0.25, 0.3) is 5.91 Å². The number of benzene rings is 1. The number of aryl methyl sites for hydroxylation is 2. The highest BCUT2D eigenvalue weighted by Crippen LogP contribution is 2.26. The van der Waals surface area contributed by atoms with Crippen LogP contribution in [0.15, 0.2) is 30.3 Å². The largest absolute Gasteiger partial charge is 0.473 e. The summed E-state index contributed by atoms with van der Waals surface area (Å²) < 4.78 is 35.4. The summed E-state index contributed by atoms with van der Waals surface area (Å²) >= 11 is 0. The van der Waals surface area contributed by atoms with Gasteiger partial charge in [-0.3, -0.25) is 9.69 Å². The molecule has 2 unspecified atom stereocenters. The van der Waals surface area contributed by atoms with Gasteiger partial charge >= 0.3 is 0 Å². The van der Waals surface area contributed by atoms with E-state index in [-0.39, 0.29) is 24.1 Å². The van der Waals surface area contributed by atoms with Gasteiger partial charge in [-0.25, -0.2) is 8.78 Å². The molecule has 7 nitrogen and oxygen atoms in total. The number of carbonyl (C=O) groups is 1. The lowest BCUT2D eigenvalue weighted by molar-refractivity contribution is 0.0937. The summed E-state index contributed by atoms with van der Waals surface area (Å²) in [4.78, 5) is 18.1. The van der Waals surface area contributed by atoms with E-state index in [4.69, 9.17) is 4.74 Å². The highest BCUT2D eigenvalue weighted by molar-refractivity contribution is 6.02. The van der Waals surface area contributed by atoms with Gasteiger partial charge in [0, 0.05) is 44.3 Å². The molecule has 34 heavy (non-hydrogen) atoms. The molecule has 4 heterocycles. The molecule has 2 atom stereocenters. The third-order valence-corrected chi connectivity index (χ3v) is 6.83. The number of halogens is 2. The standard InChI is InChI=1S/C25H29F2N5O2/c1-15-9-22-24(25(33)28-17-11-18-13-30(3)7-8-31(18)12-17)16(2)29-32(22)23(10-15)34-14-19-20(26)5-4-6-21(19)27/h4-6,9-10,17-18H,7-8,11-14H2,1-3H3,(H,28,33). The highest BCUT2D eigenvalue weighted by atomic mass is 19.1. The van der Waals surface area contributed by atoms with Crippen molar-refractivity contribution in [3.63, 3.8) is 0 Å². The number of carbonyl (C=O) groups excluding carboxylic acids is 1. The molecule has 0 spiro atoms. The summed E-state index contributed by atoms with van der Waals surface area (Å²) in [6.45, 7) is 7.31. The van der Waals surface area contributed by atoms with E-state index < -0.39 is 11.6 Å². The summed E-state index contributed by atoms with van der Waals surface area (Å²) in [6, 6.07) is 7.88. The number of nitrogens with zero attached hydrogens (tertiary/aromatic N) is 4. The third kappa shape index (κ3) is 4.25. The molecule has 9 heteroatoms. The maximum atomic E-state index is 14.0. The van der Waals surface area contributed by atoms with E-state index in [2.05, 4.69) is 27.3 Å². The molecule has 0 aliphatic carbocycles. The van der Waals surface area contributed by atoms with Crippen LogP contribution in [0.1, 0.15) is 33.6 Å². The maximum Gasteiger partial charge on any atom is 0.255 e. The van der Waals surface area contributed by atoms with Gasteiger partial charge in [-0.1, -0.05) is 6.07 Å². The van der Waals surface area contributed by atoms with Crippen LogP contribution in [0.5, 0.6) is 5.88 Å². The predicted octanol–water partition coefficient (Wildman–Crippen LogP) is 2.93. The molecule has 0 saturated carbocycles. The van der Waals surface area contributed by atoms with Crippen molar-refractivity contribution in [1.82, 2.24) is 24.7 Å². The SMILES string of the molecule is Cc1cc(OCc2c(F)cccc2F)n2nc(C)c(C(=O)NC3CC4CN(C)CCN4C3)c2c1. The number of hydrogen-bond donors (Lipinski definition) is 1. The number of pyridine rings is 1. The smallest absolute Gasteiger partial charge is 0.255 e. The fourth-order valence-electron chi connectivity index (χ4n) is 5.12. The second-order valence-corrected chi connectivity index (χ2v) is 9.43. The van der Waals surface area contributed by atoms with E-state index in [9.17, 15) is 13.6 Å². The summed E-state index contributed by atoms with van der Waals surface area (Å²) in [5.74, 6) is -1.18. The fraction of sp³-hybridized carbons (Fsp3) is 0.440. The third-order valence-electron chi connectivity index (χ3n) is 6.83. The van der Waals surface area contributed by atoms with E-state index in [1.807, 2.05) is 13.0 Å². The van der Waals surface area contributed by atoms with Crippen molar-refractivity contribution in [2.24, 2.45) is 0 Å². The molecule has 0 bridgehead atoms. The van der Waals surface area contributed by atoms with Crippen LogP contribution < -0.4 is 10.1 Å². The number of ether oxygens (including phenoxy) is 1. The molecule has 1 N–H and O–H groups in total. The Morgan fingerprint density at radius 3 is 2.71 bits per heavy atom. The van der Waals surface area contributed by atoms with Gasteiger partial charge in [0.1, 0.15) is 18.2 Å². The number of likely N-dealkylation sites (N-methyl/N-ethyl adjacent to an activating group) is 1. The van der Waals surface area contributed by atoms with Crippen LogP contribution in [-0.2, 0) is 6.61 Å². The highest BCUT2D eigenvalue weighted by Gasteiger charge is 2.36. The minimum atomic E-state index is -0.667. The molecule has 180 valence electrons. The average molecular weight is 470 g/mol. The number of nitrogens with one attached hydrogen (secondary N) is 1. The van der Waals surface area contributed by atoms with Gasteiger partial charge in [0.05, 0.1) is 22.3 Å². The minimum absolute atomic E-state index is 0.0860. The second kappa shape index (κ2) is 8.96. The number of piperazine rings is 1. The molecule has 3 aromatic rings.